The van der Waals surface area contributed by atoms with E-state index in [1.807, 2.05) is 76.2 Å². The van der Waals surface area contributed by atoms with Crippen molar-refractivity contribution in [1.29, 1.82) is 5.26 Å². The summed E-state index contributed by atoms with van der Waals surface area (Å²) in [7, 11) is 3.25. The summed E-state index contributed by atoms with van der Waals surface area (Å²) in [5.41, 5.74) is 3.65. The highest BCUT2D eigenvalue weighted by atomic mass is 16.4. The molecule has 2 rings (SSSR count). The number of nitrogens with zero attached hydrogens (tertiary/aromatic N) is 1. The van der Waals surface area contributed by atoms with Crippen LogP contribution >= 0.6 is 0 Å². The van der Waals surface area contributed by atoms with E-state index in [0.29, 0.717) is 6.42 Å². The zero-order chi connectivity index (χ0) is 19.2. The fourth-order valence-electron chi connectivity index (χ4n) is 1.47. The molecule has 0 bridgehead atoms. The van der Waals surface area contributed by atoms with Gasteiger partial charge in [-0.15, -0.1) is 0 Å². The van der Waals surface area contributed by atoms with Crippen molar-refractivity contribution in [2.75, 3.05) is 14.2 Å². The first-order chi connectivity index (χ1) is 11.7. The Balaban J connectivity index is -0.000000287. The zero-order valence-corrected chi connectivity index (χ0v) is 16.8. The average molecular weight is 330 g/mol. The van der Waals surface area contributed by atoms with Crippen LogP contribution in [-0.4, -0.2) is 14.2 Å². The second kappa shape index (κ2) is 23.2. The quantitative estimate of drug-likeness (QED) is 0.609. The highest BCUT2D eigenvalue weighted by Gasteiger charge is 1.97. The summed E-state index contributed by atoms with van der Waals surface area (Å²) in [5, 5.41) is 8.49. The molecule has 0 unspecified atom stereocenters. The van der Waals surface area contributed by atoms with E-state index in [2.05, 4.69) is 30.7 Å². The normalized spacial score (nSPS) is 7.46. The molecule has 0 N–H and O–H groups in total. The molecule has 0 spiro atoms. The van der Waals surface area contributed by atoms with Gasteiger partial charge in [-0.25, -0.2) is 0 Å². The van der Waals surface area contributed by atoms with Gasteiger partial charge < -0.3 is 4.74 Å². The Labute approximate surface area is 150 Å². The Morgan fingerprint density at radius 1 is 0.792 bits per heavy atom. The van der Waals surface area contributed by atoms with Gasteiger partial charge >= 0.3 is 0 Å². The lowest BCUT2D eigenvalue weighted by Gasteiger charge is -2.03. The summed E-state index contributed by atoms with van der Waals surface area (Å²) < 4.78 is 4.25. The van der Waals surface area contributed by atoms with Crippen molar-refractivity contribution < 1.29 is 4.74 Å². The summed E-state index contributed by atoms with van der Waals surface area (Å²) in [5.74, 6) is 0. The van der Waals surface area contributed by atoms with Crippen molar-refractivity contribution in [2.45, 2.75) is 48.0 Å². The first-order valence-corrected chi connectivity index (χ1v) is 8.49. The fourth-order valence-corrected chi connectivity index (χ4v) is 1.47. The number of rotatable bonds is 1. The number of benzene rings is 2. The van der Waals surface area contributed by atoms with Crippen LogP contribution in [0.25, 0.3) is 0 Å². The number of nitriles is 1. The van der Waals surface area contributed by atoms with Crippen molar-refractivity contribution in [1.82, 2.24) is 0 Å². The van der Waals surface area contributed by atoms with Crippen molar-refractivity contribution in [3.63, 3.8) is 0 Å². The lowest BCUT2D eigenvalue weighted by Crippen LogP contribution is -1.89. The molecular weight excluding hydrogens is 294 g/mol. The maximum Gasteiger partial charge on any atom is 0.0669 e. The minimum atomic E-state index is 0.521. The van der Waals surface area contributed by atoms with E-state index in [-0.39, 0.29) is 0 Å². The second-order valence-corrected chi connectivity index (χ2v) is 4.26. The smallest absolute Gasteiger partial charge is 0.0669 e. The molecule has 0 aliphatic heterocycles. The van der Waals surface area contributed by atoms with Crippen molar-refractivity contribution in [3.05, 3.63) is 71.3 Å². The molecule has 134 valence electrons. The molecule has 0 aromatic heterocycles. The van der Waals surface area contributed by atoms with Crippen LogP contribution in [0.15, 0.2) is 54.6 Å². The largest absolute Gasteiger partial charge is 0.388 e. The van der Waals surface area contributed by atoms with Crippen molar-refractivity contribution >= 4 is 0 Å². The van der Waals surface area contributed by atoms with Gasteiger partial charge in [0.15, 0.2) is 0 Å². The number of hydrogen-bond donors (Lipinski definition) is 0. The van der Waals surface area contributed by atoms with Crippen LogP contribution in [0, 0.1) is 25.2 Å². The molecule has 2 nitrogen and oxygen atoms in total. The first-order valence-electron chi connectivity index (χ1n) is 8.49. The number of methoxy groups -OCH3 is 1. The van der Waals surface area contributed by atoms with Gasteiger partial charge in [0.05, 0.1) is 12.5 Å². The molecule has 2 aromatic carbocycles. The van der Waals surface area contributed by atoms with Gasteiger partial charge in [-0.1, -0.05) is 82.3 Å². The Morgan fingerprint density at radius 3 is 1.50 bits per heavy atom. The van der Waals surface area contributed by atoms with E-state index >= 15 is 0 Å². The summed E-state index contributed by atoms with van der Waals surface area (Å²) in [6, 6.07) is 20.2. The lowest BCUT2D eigenvalue weighted by atomic mass is 10.0. The highest BCUT2D eigenvalue weighted by Crippen LogP contribution is 2.12. The Hall–Kier alpha value is -2.11. The van der Waals surface area contributed by atoms with Gasteiger partial charge in [0.1, 0.15) is 0 Å². The average Bonchev–Trinajstić information content (AvgIpc) is 2.65. The molecule has 0 radical (unpaired) electrons. The molecule has 0 amide bonds. The molecule has 0 fully saturated rings. The van der Waals surface area contributed by atoms with E-state index in [9.17, 15) is 0 Å². The van der Waals surface area contributed by atoms with Gasteiger partial charge in [-0.2, -0.15) is 5.26 Å². The summed E-state index contributed by atoms with van der Waals surface area (Å²) in [6.45, 7) is 12.1. The number of aryl methyl sites for hydroxylation is 1. The van der Waals surface area contributed by atoms with Crippen LogP contribution in [0.1, 0.15) is 44.4 Å². The molecular formula is C22H35NO. The third-order valence-electron chi connectivity index (χ3n) is 2.65. The van der Waals surface area contributed by atoms with Gasteiger partial charge in [-0.05, 0) is 30.5 Å². The van der Waals surface area contributed by atoms with E-state index in [0.717, 1.165) is 5.56 Å². The molecule has 0 heterocycles. The first kappa shape index (κ1) is 26.8. The van der Waals surface area contributed by atoms with Gasteiger partial charge in [0.25, 0.3) is 0 Å². The SMILES string of the molecule is CC.CC.COC.Cc1cccc(CC#N)c1C.c1ccccc1. The van der Waals surface area contributed by atoms with Crippen LogP contribution in [0.2, 0.25) is 0 Å². The number of ether oxygens (including phenoxy) is 1. The molecule has 2 heteroatoms. The predicted molar refractivity (Wildman–Crippen MR) is 107 cm³/mol. The lowest BCUT2D eigenvalue weighted by molar-refractivity contribution is 0.277. The molecule has 0 saturated heterocycles. The molecule has 0 saturated carbocycles. The van der Waals surface area contributed by atoms with E-state index < -0.39 is 0 Å². The van der Waals surface area contributed by atoms with Gasteiger partial charge in [0, 0.05) is 14.2 Å². The van der Waals surface area contributed by atoms with Crippen LogP contribution in [-0.2, 0) is 11.2 Å². The molecule has 0 atom stereocenters. The van der Waals surface area contributed by atoms with Gasteiger partial charge in [0.2, 0.25) is 0 Å². The minimum Gasteiger partial charge on any atom is -0.388 e. The second-order valence-electron chi connectivity index (χ2n) is 4.26. The summed E-state index contributed by atoms with van der Waals surface area (Å²) in [6.07, 6.45) is 0.521. The Bertz CT molecular complexity index is 474. The number of hydrogen-bond acceptors (Lipinski definition) is 2. The van der Waals surface area contributed by atoms with Gasteiger partial charge in [-0.3, -0.25) is 0 Å². The third-order valence-corrected chi connectivity index (χ3v) is 2.65. The van der Waals surface area contributed by atoms with E-state index in [4.69, 9.17) is 5.26 Å². The van der Waals surface area contributed by atoms with E-state index in [1.165, 1.54) is 11.1 Å². The molecule has 2 aromatic rings. The molecule has 0 aliphatic carbocycles. The topological polar surface area (TPSA) is 33.0 Å². The standard InChI is InChI=1S/C10H11N.C6H6.C2H6O.2C2H6/c1-8-4-3-5-10(6-7-11)9(8)2;1-2-4-6-5-3-1;1-3-2;2*1-2/h3-5H,6H2,1-2H3;1-6H;1-2H3;2*1-2H3. The van der Waals surface area contributed by atoms with Crippen LogP contribution in [0.5, 0.6) is 0 Å². The van der Waals surface area contributed by atoms with Crippen molar-refractivity contribution in [3.8, 4) is 6.07 Å². The molecule has 0 aliphatic rings. The van der Waals surface area contributed by atoms with E-state index in [1.54, 1.807) is 14.2 Å². The Morgan fingerprint density at radius 2 is 1.17 bits per heavy atom. The minimum absolute atomic E-state index is 0.521. The monoisotopic (exact) mass is 329 g/mol. The predicted octanol–water partition coefficient (Wildman–Crippen LogP) is 6.37. The third kappa shape index (κ3) is 16.3. The maximum atomic E-state index is 8.49. The highest BCUT2D eigenvalue weighted by molar-refractivity contribution is 5.34. The zero-order valence-electron chi connectivity index (χ0n) is 16.8. The van der Waals surface area contributed by atoms with Crippen molar-refractivity contribution in [2.24, 2.45) is 0 Å². The summed E-state index contributed by atoms with van der Waals surface area (Å²) in [4.78, 5) is 0. The summed E-state index contributed by atoms with van der Waals surface area (Å²) >= 11 is 0. The fraction of sp³-hybridized carbons (Fsp3) is 0.409. The molecule has 24 heavy (non-hydrogen) atoms. The van der Waals surface area contributed by atoms with Crippen LogP contribution < -0.4 is 0 Å². The Kier molecular flexibility index (Phi) is 25.8. The van der Waals surface area contributed by atoms with Crippen LogP contribution in [0.4, 0.5) is 0 Å². The maximum absolute atomic E-state index is 8.49. The van der Waals surface area contributed by atoms with Crippen LogP contribution in [0.3, 0.4) is 0 Å².